The highest BCUT2D eigenvalue weighted by atomic mass is 32.2. The average molecular weight is 299 g/mol. The van der Waals surface area contributed by atoms with Crippen LogP contribution in [0.15, 0.2) is 21.4 Å². The van der Waals surface area contributed by atoms with E-state index in [4.69, 9.17) is 5.11 Å². The van der Waals surface area contributed by atoms with Crippen molar-refractivity contribution in [2.75, 3.05) is 26.5 Å². The third-order valence-electron chi connectivity index (χ3n) is 2.62. The molecule has 0 atom stereocenters. The molecule has 102 valence electrons. The Labute approximate surface area is 117 Å². The molecule has 0 fully saturated rings. The van der Waals surface area contributed by atoms with Gasteiger partial charge in [-0.05, 0) is 6.26 Å². The Morgan fingerprint density at radius 3 is 3.00 bits per heavy atom. The largest absolute Gasteiger partial charge is 0.395 e. The summed E-state index contributed by atoms with van der Waals surface area (Å²) >= 11 is 2.61. The van der Waals surface area contributed by atoms with Crippen LogP contribution in [0, 0.1) is 0 Å². The molecule has 0 bridgehead atoms. The number of hydrogen-bond donors (Lipinski definition) is 1. The summed E-state index contributed by atoms with van der Waals surface area (Å²) in [6.45, 7) is 0.0325. The van der Waals surface area contributed by atoms with E-state index in [1.807, 2.05) is 0 Å². The van der Waals surface area contributed by atoms with E-state index in [2.05, 4.69) is 4.98 Å². The molecule has 2 heterocycles. The molecular weight excluding hydrogens is 286 g/mol. The number of amides is 1. The van der Waals surface area contributed by atoms with Crippen molar-refractivity contribution in [2.24, 2.45) is 0 Å². The van der Waals surface area contributed by atoms with Gasteiger partial charge < -0.3 is 10.0 Å². The molecule has 0 radical (unpaired) electrons. The summed E-state index contributed by atoms with van der Waals surface area (Å²) in [5.74, 6) is -0.420. The number of likely N-dealkylation sites (N-methyl/N-ethyl adjacent to an activating group) is 1. The normalized spacial score (nSPS) is 10.9. The van der Waals surface area contributed by atoms with E-state index >= 15 is 0 Å². The van der Waals surface area contributed by atoms with E-state index in [1.165, 1.54) is 32.4 Å². The number of hydrogen-bond acceptors (Lipinski definition) is 6. The van der Waals surface area contributed by atoms with Crippen LogP contribution in [0.5, 0.6) is 0 Å². The Morgan fingerprint density at radius 1 is 1.63 bits per heavy atom. The van der Waals surface area contributed by atoms with Crippen LogP contribution >= 0.6 is 23.1 Å². The molecule has 0 aliphatic heterocycles. The summed E-state index contributed by atoms with van der Waals surface area (Å²) in [6.07, 6.45) is 3.37. The highest BCUT2D eigenvalue weighted by Gasteiger charge is 2.22. The maximum absolute atomic E-state index is 12.3. The lowest BCUT2D eigenvalue weighted by molar-refractivity contribution is 0.0760. The van der Waals surface area contributed by atoms with Crippen molar-refractivity contribution < 1.29 is 9.90 Å². The Balaban J connectivity index is 2.60. The maximum atomic E-state index is 12.3. The van der Waals surface area contributed by atoms with Crippen molar-refractivity contribution >= 4 is 34.0 Å². The molecule has 2 aromatic heterocycles. The van der Waals surface area contributed by atoms with E-state index in [0.717, 1.165) is 0 Å². The number of rotatable bonds is 4. The minimum atomic E-state index is -0.420. The zero-order valence-electron chi connectivity index (χ0n) is 10.5. The number of thiazole rings is 1. The highest BCUT2D eigenvalue weighted by molar-refractivity contribution is 7.98. The molecule has 6 nitrogen and oxygen atoms in total. The van der Waals surface area contributed by atoms with Gasteiger partial charge in [-0.1, -0.05) is 0 Å². The number of aliphatic hydroxyl groups is 1. The summed E-state index contributed by atoms with van der Waals surface area (Å²) in [5, 5.41) is 11.0. The first kappa shape index (κ1) is 14.0. The molecule has 0 unspecified atom stereocenters. The van der Waals surface area contributed by atoms with Gasteiger partial charge in [0.15, 0.2) is 4.96 Å². The lowest BCUT2D eigenvalue weighted by Crippen LogP contribution is -2.35. The molecule has 0 aliphatic carbocycles. The SMILES string of the molecule is CSc1nc2sccn2c(=O)c1C(=O)N(C)CCO. The van der Waals surface area contributed by atoms with Crippen LogP contribution in [0.2, 0.25) is 0 Å². The van der Waals surface area contributed by atoms with Gasteiger partial charge in [0.2, 0.25) is 0 Å². The Kier molecular flexibility index (Phi) is 4.23. The van der Waals surface area contributed by atoms with E-state index in [-0.39, 0.29) is 24.3 Å². The van der Waals surface area contributed by atoms with Gasteiger partial charge in [0.25, 0.3) is 11.5 Å². The van der Waals surface area contributed by atoms with Crippen LogP contribution in [-0.4, -0.2) is 51.8 Å². The fraction of sp³-hybridized carbons (Fsp3) is 0.364. The van der Waals surface area contributed by atoms with Crippen molar-refractivity contribution in [1.29, 1.82) is 0 Å². The second-order valence-corrected chi connectivity index (χ2v) is 5.48. The lowest BCUT2D eigenvalue weighted by Gasteiger charge is -2.16. The third-order valence-corrected chi connectivity index (χ3v) is 4.06. The number of carbonyl (C=O) groups is 1. The number of thioether (sulfide) groups is 1. The van der Waals surface area contributed by atoms with Crippen molar-refractivity contribution in [1.82, 2.24) is 14.3 Å². The van der Waals surface area contributed by atoms with E-state index < -0.39 is 5.91 Å². The fourth-order valence-corrected chi connectivity index (χ4v) is 2.96. The van der Waals surface area contributed by atoms with Gasteiger partial charge in [-0.2, -0.15) is 0 Å². The van der Waals surface area contributed by atoms with Crippen LogP contribution in [0.1, 0.15) is 10.4 Å². The lowest BCUT2D eigenvalue weighted by atomic mass is 10.3. The molecule has 0 saturated carbocycles. The van der Waals surface area contributed by atoms with Crippen LogP contribution in [0.4, 0.5) is 0 Å². The van der Waals surface area contributed by atoms with E-state index in [0.29, 0.717) is 9.99 Å². The highest BCUT2D eigenvalue weighted by Crippen LogP contribution is 2.19. The Bertz CT molecular complexity index is 665. The van der Waals surface area contributed by atoms with Crippen molar-refractivity contribution in [3.8, 4) is 0 Å². The quantitative estimate of drug-likeness (QED) is 0.659. The summed E-state index contributed by atoms with van der Waals surface area (Å²) in [4.78, 5) is 30.8. The van der Waals surface area contributed by atoms with Gasteiger partial charge in [0.1, 0.15) is 10.6 Å². The molecular formula is C11H13N3O3S2. The first-order valence-electron chi connectivity index (χ1n) is 5.50. The van der Waals surface area contributed by atoms with Gasteiger partial charge in [0, 0.05) is 25.2 Å². The number of aromatic nitrogens is 2. The minimum Gasteiger partial charge on any atom is -0.395 e. The van der Waals surface area contributed by atoms with Gasteiger partial charge in [-0.15, -0.1) is 23.1 Å². The molecule has 0 saturated heterocycles. The van der Waals surface area contributed by atoms with E-state index in [1.54, 1.807) is 24.9 Å². The predicted molar refractivity (Wildman–Crippen MR) is 75.2 cm³/mol. The van der Waals surface area contributed by atoms with Gasteiger partial charge in [0.05, 0.1) is 6.61 Å². The van der Waals surface area contributed by atoms with Crippen molar-refractivity contribution in [3.05, 3.63) is 27.5 Å². The molecule has 0 spiro atoms. The fourth-order valence-electron chi connectivity index (χ4n) is 1.64. The Morgan fingerprint density at radius 2 is 2.37 bits per heavy atom. The molecule has 1 N–H and O–H groups in total. The third kappa shape index (κ3) is 2.51. The summed E-state index contributed by atoms with van der Waals surface area (Å²) in [6, 6.07) is 0. The summed E-state index contributed by atoms with van der Waals surface area (Å²) < 4.78 is 1.37. The number of aliphatic hydroxyl groups excluding tert-OH is 1. The predicted octanol–water partition coefficient (Wildman–Crippen LogP) is 0.542. The summed E-state index contributed by atoms with van der Waals surface area (Å²) in [7, 11) is 1.55. The number of fused-ring (bicyclic) bond motifs is 1. The number of carbonyl (C=O) groups excluding carboxylic acids is 1. The van der Waals surface area contributed by atoms with Crippen LogP contribution in [0.3, 0.4) is 0 Å². The van der Waals surface area contributed by atoms with Gasteiger partial charge >= 0.3 is 0 Å². The van der Waals surface area contributed by atoms with Crippen LogP contribution in [0.25, 0.3) is 4.96 Å². The second kappa shape index (κ2) is 5.72. The van der Waals surface area contributed by atoms with E-state index in [9.17, 15) is 9.59 Å². The van der Waals surface area contributed by atoms with Crippen LogP contribution in [-0.2, 0) is 0 Å². The van der Waals surface area contributed by atoms with Gasteiger partial charge in [-0.25, -0.2) is 4.98 Å². The molecule has 19 heavy (non-hydrogen) atoms. The molecule has 2 rings (SSSR count). The van der Waals surface area contributed by atoms with Crippen LogP contribution < -0.4 is 5.56 Å². The molecule has 0 aliphatic rings. The first-order chi connectivity index (χ1) is 9.10. The zero-order chi connectivity index (χ0) is 14.0. The molecule has 0 aromatic carbocycles. The minimum absolute atomic E-state index is 0.0550. The Hall–Kier alpha value is -1.38. The monoisotopic (exact) mass is 299 g/mol. The molecule has 8 heteroatoms. The van der Waals surface area contributed by atoms with Crippen molar-refractivity contribution in [3.63, 3.8) is 0 Å². The maximum Gasteiger partial charge on any atom is 0.272 e. The van der Waals surface area contributed by atoms with Crippen molar-refractivity contribution in [2.45, 2.75) is 5.03 Å². The molecule has 1 amide bonds. The topological polar surface area (TPSA) is 74.9 Å². The number of nitrogens with zero attached hydrogens (tertiary/aromatic N) is 3. The zero-order valence-corrected chi connectivity index (χ0v) is 12.1. The summed E-state index contributed by atoms with van der Waals surface area (Å²) in [5.41, 5.74) is -0.315. The second-order valence-electron chi connectivity index (χ2n) is 3.81. The molecule has 2 aromatic rings. The standard InChI is InChI=1S/C11H13N3O3S2/c1-13(3-5-15)9(16)7-8(18-2)12-11-14(10(7)17)4-6-19-11/h4,6,15H,3,5H2,1-2H3. The van der Waals surface area contributed by atoms with Gasteiger partial charge in [-0.3, -0.25) is 14.0 Å². The average Bonchev–Trinajstić information content (AvgIpc) is 2.86. The smallest absolute Gasteiger partial charge is 0.272 e. The first-order valence-corrected chi connectivity index (χ1v) is 7.60.